The SMILES string of the molecule is CC(C)c1nn(CC(=O)Nc2cc(C(F)F)[nH]n2)c(=O)c2ccc(C(F)(F)F)cc12. The summed E-state index contributed by atoms with van der Waals surface area (Å²) in [6.45, 7) is 2.80. The highest BCUT2D eigenvalue weighted by Crippen LogP contribution is 2.32. The molecule has 3 aromatic rings. The number of aromatic nitrogens is 4. The molecule has 0 unspecified atom stereocenters. The molecule has 0 atom stereocenters. The minimum atomic E-state index is -4.59. The number of H-pyrrole nitrogens is 1. The van der Waals surface area contributed by atoms with Gasteiger partial charge in [-0.15, -0.1) is 0 Å². The van der Waals surface area contributed by atoms with Crippen LogP contribution in [0.2, 0.25) is 0 Å². The van der Waals surface area contributed by atoms with Gasteiger partial charge in [0.1, 0.15) is 12.2 Å². The Bertz CT molecular complexity index is 1150. The molecular formula is C18H16F5N5O2. The van der Waals surface area contributed by atoms with E-state index in [4.69, 9.17) is 0 Å². The van der Waals surface area contributed by atoms with Gasteiger partial charge < -0.3 is 5.32 Å². The van der Waals surface area contributed by atoms with E-state index in [1.165, 1.54) is 0 Å². The molecule has 7 nitrogen and oxygen atoms in total. The van der Waals surface area contributed by atoms with Crippen LogP contribution in [0.5, 0.6) is 0 Å². The third kappa shape index (κ3) is 4.31. The summed E-state index contributed by atoms with van der Waals surface area (Å²) in [5.74, 6) is -1.27. The Morgan fingerprint density at radius 3 is 2.47 bits per heavy atom. The van der Waals surface area contributed by atoms with E-state index in [9.17, 15) is 31.5 Å². The average Bonchev–Trinajstić information content (AvgIpc) is 3.11. The van der Waals surface area contributed by atoms with Gasteiger partial charge in [-0.2, -0.15) is 23.4 Å². The number of nitrogens with one attached hydrogen (secondary N) is 2. The van der Waals surface area contributed by atoms with Crippen LogP contribution in [-0.2, 0) is 17.5 Å². The van der Waals surface area contributed by atoms with E-state index in [1.54, 1.807) is 13.8 Å². The van der Waals surface area contributed by atoms with Gasteiger partial charge in [0.25, 0.3) is 12.0 Å². The van der Waals surface area contributed by atoms with Crippen LogP contribution < -0.4 is 10.9 Å². The molecule has 3 rings (SSSR count). The molecule has 30 heavy (non-hydrogen) atoms. The fourth-order valence-electron chi connectivity index (χ4n) is 2.85. The maximum absolute atomic E-state index is 13.0. The van der Waals surface area contributed by atoms with E-state index in [1.807, 2.05) is 0 Å². The zero-order chi connectivity index (χ0) is 22.2. The quantitative estimate of drug-likeness (QED) is 0.603. The summed E-state index contributed by atoms with van der Waals surface area (Å²) in [4.78, 5) is 24.9. The summed E-state index contributed by atoms with van der Waals surface area (Å²) < 4.78 is 65.1. The molecule has 12 heteroatoms. The molecular weight excluding hydrogens is 413 g/mol. The molecule has 1 amide bonds. The first-order chi connectivity index (χ1) is 14.0. The number of halogens is 5. The number of carbonyl (C=O) groups is 1. The number of benzene rings is 1. The molecule has 0 aliphatic carbocycles. The van der Waals surface area contributed by atoms with Crippen LogP contribution in [0.4, 0.5) is 27.8 Å². The zero-order valence-corrected chi connectivity index (χ0v) is 15.7. The molecule has 2 aromatic heterocycles. The molecule has 0 saturated carbocycles. The van der Waals surface area contributed by atoms with Crippen molar-refractivity contribution in [3.05, 3.63) is 51.6 Å². The van der Waals surface area contributed by atoms with Gasteiger partial charge in [-0.3, -0.25) is 14.7 Å². The van der Waals surface area contributed by atoms with Crippen LogP contribution in [0.3, 0.4) is 0 Å². The Labute approximate surface area is 165 Å². The highest BCUT2D eigenvalue weighted by molar-refractivity contribution is 5.90. The summed E-state index contributed by atoms with van der Waals surface area (Å²) in [6.07, 6.45) is -7.39. The summed E-state index contributed by atoms with van der Waals surface area (Å²) in [5.41, 5.74) is -1.95. The second-order valence-corrected chi connectivity index (χ2v) is 6.82. The minimum Gasteiger partial charge on any atom is -0.308 e. The van der Waals surface area contributed by atoms with Crippen molar-refractivity contribution in [2.24, 2.45) is 0 Å². The second-order valence-electron chi connectivity index (χ2n) is 6.82. The zero-order valence-electron chi connectivity index (χ0n) is 15.7. The van der Waals surface area contributed by atoms with Gasteiger partial charge in [0, 0.05) is 11.5 Å². The standard InChI is InChI=1S/C18H16F5N5O2/c1-8(2)15-11-5-9(18(21,22)23)3-4-10(11)17(30)28(27-15)7-14(29)24-13-6-12(16(19)20)25-26-13/h3-6,8,16H,7H2,1-2H3,(H2,24,25,26,29). The van der Waals surface area contributed by atoms with Gasteiger partial charge >= 0.3 is 6.18 Å². The van der Waals surface area contributed by atoms with Crippen molar-refractivity contribution < 1.29 is 26.7 Å². The van der Waals surface area contributed by atoms with E-state index >= 15 is 0 Å². The number of nitrogens with zero attached hydrogens (tertiary/aromatic N) is 3. The van der Waals surface area contributed by atoms with Crippen LogP contribution in [-0.4, -0.2) is 25.9 Å². The van der Waals surface area contributed by atoms with E-state index in [0.29, 0.717) is 0 Å². The molecule has 0 fully saturated rings. The molecule has 2 heterocycles. The Morgan fingerprint density at radius 1 is 1.20 bits per heavy atom. The molecule has 0 bridgehead atoms. The van der Waals surface area contributed by atoms with E-state index in [-0.39, 0.29) is 28.2 Å². The molecule has 0 saturated heterocycles. The molecule has 2 N–H and O–H groups in total. The smallest absolute Gasteiger partial charge is 0.308 e. The van der Waals surface area contributed by atoms with Crippen molar-refractivity contribution in [3.63, 3.8) is 0 Å². The predicted molar refractivity (Wildman–Crippen MR) is 97.3 cm³/mol. The van der Waals surface area contributed by atoms with Crippen molar-refractivity contribution in [2.75, 3.05) is 5.32 Å². The third-order valence-corrected chi connectivity index (χ3v) is 4.26. The monoisotopic (exact) mass is 429 g/mol. The lowest BCUT2D eigenvalue weighted by Crippen LogP contribution is -2.31. The number of anilines is 1. The lowest BCUT2D eigenvalue weighted by Gasteiger charge is -2.15. The molecule has 160 valence electrons. The van der Waals surface area contributed by atoms with Gasteiger partial charge in [0.15, 0.2) is 5.82 Å². The van der Waals surface area contributed by atoms with E-state index in [2.05, 4.69) is 20.6 Å². The van der Waals surface area contributed by atoms with Gasteiger partial charge in [-0.1, -0.05) is 13.8 Å². The fraction of sp³-hybridized carbons (Fsp3) is 0.333. The summed E-state index contributed by atoms with van der Waals surface area (Å²) in [5, 5.41) is 11.9. The van der Waals surface area contributed by atoms with Crippen molar-refractivity contribution in [1.82, 2.24) is 20.0 Å². The number of hydrogen-bond acceptors (Lipinski definition) is 4. The van der Waals surface area contributed by atoms with Crippen LogP contribution in [0.15, 0.2) is 29.1 Å². The van der Waals surface area contributed by atoms with Crippen LogP contribution in [0.1, 0.15) is 43.1 Å². The van der Waals surface area contributed by atoms with Crippen molar-refractivity contribution in [3.8, 4) is 0 Å². The fourth-order valence-corrected chi connectivity index (χ4v) is 2.85. The van der Waals surface area contributed by atoms with Crippen LogP contribution >= 0.6 is 0 Å². The number of alkyl halides is 5. The van der Waals surface area contributed by atoms with E-state index < -0.39 is 41.9 Å². The maximum atomic E-state index is 13.0. The Kier molecular flexibility index (Phi) is 5.59. The topological polar surface area (TPSA) is 92.7 Å². The van der Waals surface area contributed by atoms with Gasteiger partial charge in [-0.25, -0.2) is 13.5 Å². The number of fused-ring (bicyclic) bond motifs is 1. The van der Waals surface area contributed by atoms with Crippen molar-refractivity contribution >= 4 is 22.5 Å². The van der Waals surface area contributed by atoms with E-state index in [0.717, 1.165) is 28.9 Å². The Morgan fingerprint density at radius 2 is 1.90 bits per heavy atom. The predicted octanol–water partition coefficient (Wildman–Crippen LogP) is 3.84. The summed E-state index contributed by atoms with van der Waals surface area (Å²) in [6, 6.07) is 3.63. The van der Waals surface area contributed by atoms with Crippen LogP contribution in [0, 0.1) is 0 Å². The number of hydrogen-bond donors (Lipinski definition) is 2. The molecule has 0 aliphatic rings. The summed E-state index contributed by atoms with van der Waals surface area (Å²) in [7, 11) is 0. The van der Waals surface area contributed by atoms with Crippen molar-refractivity contribution in [1.29, 1.82) is 0 Å². The Hall–Kier alpha value is -3.31. The molecule has 0 spiro atoms. The normalized spacial score (nSPS) is 12.2. The minimum absolute atomic E-state index is 0.0192. The lowest BCUT2D eigenvalue weighted by atomic mass is 10.0. The first-order valence-corrected chi connectivity index (χ1v) is 8.72. The van der Waals surface area contributed by atoms with Crippen molar-refractivity contribution in [2.45, 2.75) is 38.9 Å². The maximum Gasteiger partial charge on any atom is 0.416 e. The summed E-state index contributed by atoms with van der Waals surface area (Å²) >= 11 is 0. The third-order valence-electron chi connectivity index (χ3n) is 4.26. The first kappa shape index (κ1) is 21.4. The highest BCUT2D eigenvalue weighted by Gasteiger charge is 2.31. The molecule has 0 radical (unpaired) electrons. The number of carbonyl (C=O) groups excluding carboxylic acids is 1. The second kappa shape index (κ2) is 7.84. The highest BCUT2D eigenvalue weighted by atomic mass is 19.4. The number of amides is 1. The largest absolute Gasteiger partial charge is 0.416 e. The molecule has 0 aliphatic heterocycles. The molecule has 1 aromatic carbocycles. The number of rotatable bonds is 5. The Balaban J connectivity index is 1.96. The van der Waals surface area contributed by atoms with Gasteiger partial charge in [0.2, 0.25) is 5.91 Å². The van der Waals surface area contributed by atoms with Crippen LogP contribution in [0.25, 0.3) is 10.8 Å². The average molecular weight is 429 g/mol. The van der Waals surface area contributed by atoms with Gasteiger partial charge in [-0.05, 0) is 24.1 Å². The van der Waals surface area contributed by atoms with Gasteiger partial charge in [0.05, 0.1) is 16.6 Å². The first-order valence-electron chi connectivity index (χ1n) is 8.72. The lowest BCUT2D eigenvalue weighted by molar-refractivity contribution is -0.137. The number of aromatic amines is 1.